The van der Waals surface area contributed by atoms with Gasteiger partial charge in [-0.3, -0.25) is 24.2 Å². The summed E-state index contributed by atoms with van der Waals surface area (Å²) in [4.78, 5) is 44.8. The fraction of sp³-hybridized carbons (Fsp3) is 0.552. The number of allylic oxidation sites excluding steroid dienone is 1. The number of ketones is 2. The standard InChI is InChI=1S/C29H36F2N4O7/c1-33(2)17-11-14(12-35-7-5-28(30,31)6-8-35)22(36)19-15(17)9-13-10-16-21(34(3)4)24(38)20(27(32)41)26(40)29(16,42)25(39)18(13)23(19)37/h11,13,16,21,36,38-39,42H,5-10,12H2,1-4H3,(H2,32,41)/t13-,16-,21-,29-/m0/s1. The number of anilines is 1. The first-order chi connectivity index (χ1) is 19.5. The number of piperidine rings is 1. The third kappa shape index (κ3) is 4.36. The Hall–Kier alpha value is -3.55. The van der Waals surface area contributed by atoms with Crippen molar-refractivity contribution in [1.29, 1.82) is 0 Å². The van der Waals surface area contributed by atoms with Gasteiger partial charge in [-0.1, -0.05) is 0 Å². The van der Waals surface area contributed by atoms with Crippen LogP contribution in [0.2, 0.25) is 0 Å². The summed E-state index contributed by atoms with van der Waals surface area (Å²) >= 11 is 0. The van der Waals surface area contributed by atoms with Gasteiger partial charge in [0.2, 0.25) is 5.78 Å². The average molecular weight is 591 g/mol. The molecule has 0 bridgehead atoms. The number of halogens is 2. The van der Waals surface area contributed by atoms with E-state index >= 15 is 0 Å². The van der Waals surface area contributed by atoms with Gasteiger partial charge in [0.15, 0.2) is 11.4 Å². The number of nitrogens with zero attached hydrogens (tertiary/aromatic N) is 3. The number of likely N-dealkylation sites (tertiary alicyclic amines) is 1. The Labute approximate surface area is 241 Å². The van der Waals surface area contributed by atoms with E-state index in [1.807, 2.05) is 0 Å². The van der Waals surface area contributed by atoms with Crippen LogP contribution in [0, 0.1) is 11.8 Å². The van der Waals surface area contributed by atoms with Crippen LogP contribution >= 0.6 is 0 Å². The number of phenols is 1. The number of likely N-dealkylation sites (N-methyl/N-ethyl adjacent to an activating group) is 1. The van der Waals surface area contributed by atoms with Crippen molar-refractivity contribution in [2.75, 3.05) is 46.2 Å². The number of rotatable bonds is 5. The molecule has 1 amide bonds. The Morgan fingerprint density at radius 2 is 1.74 bits per heavy atom. The number of fused-ring (bicyclic) bond motifs is 3. The minimum absolute atomic E-state index is 0.0108. The number of carbonyl (C=O) groups excluding carboxylic acids is 3. The number of amides is 1. The zero-order valence-electron chi connectivity index (χ0n) is 23.9. The molecule has 1 aliphatic heterocycles. The highest BCUT2D eigenvalue weighted by Gasteiger charge is 2.63. The minimum atomic E-state index is -2.75. The SMILES string of the molecule is CN(C)c1cc(CN2CCC(F)(F)CC2)c(O)c2c1C[C@H]1C[C@H]3[C@H](N(C)C)C(O)=C(C(N)=O)C(=O)[C@@]3(O)C(O)=C1C2=O. The minimum Gasteiger partial charge on any atom is -0.510 e. The van der Waals surface area contributed by atoms with Crippen LogP contribution in [0.25, 0.3) is 0 Å². The highest BCUT2D eigenvalue weighted by atomic mass is 19.3. The molecule has 0 spiro atoms. The number of primary amides is 1. The fourth-order valence-electron chi connectivity index (χ4n) is 7.15. The lowest BCUT2D eigenvalue weighted by Crippen LogP contribution is -2.63. The van der Waals surface area contributed by atoms with Gasteiger partial charge >= 0.3 is 0 Å². The number of aromatic hydroxyl groups is 1. The monoisotopic (exact) mass is 590 g/mol. The van der Waals surface area contributed by atoms with E-state index in [1.165, 1.54) is 4.90 Å². The molecule has 4 aliphatic rings. The molecule has 6 N–H and O–H groups in total. The highest BCUT2D eigenvalue weighted by molar-refractivity contribution is 6.25. The van der Waals surface area contributed by atoms with Crippen LogP contribution in [0.15, 0.2) is 28.7 Å². The number of hydrogen-bond acceptors (Lipinski definition) is 10. The van der Waals surface area contributed by atoms with Crippen LogP contribution in [0.3, 0.4) is 0 Å². The Bertz CT molecular complexity index is 1440. The molecule has 1 saturated heterocycles. The number of phenolic OH excluding ortho intramolecular Hbond substituents is 1. The molecule has 0 unspecified atom stereocenters. The second-order valence-electron chi connectivity index (χ2n) is 12.2. The van der Waals surface area contributed by atoms with E-state index in [0.29, 0.717) is 16.8 Å². The molecule has 1 aromatic rings. The van der Waals surface area contributed by atoms with E-state index in [0.717, 1.165) is 0 Å². The zero-order chi connectivity index (χ0) is 31.0. The lowest BCUT2D eigenvalue weighted by molar-refractivity contribution is -0.148. The largest absolute Gasteiger partial charge is 0.510 e. The lowest BCUT2D eigenvalue weighted by Gasteiger charge is -2.50. The van der Waals surface area contributed by atoms with E-state index in [1.54, 1.807) is 44.1 Å². The van der Waals surface area contributed by atoms with Gasteiger partial charge in [0.05, 0.1) is 11.6 Å². The number of Topliss-reactive ketones (excluding diaryl/α,β-unsaturated/α-hetero) is 2. The molecular formula is C29H36F2N4O7. The van der Waals surface area contributed by atoms with Gasteiger partial charge in [0.25, 0.3) is 11.8 Å². The second-order valence-corrected chi connectivity index (χ2v) is 12.2. The van der Waals surface area contributed by atoms with Crippen molar-refractivity contribution in [3.63, 3.8) is 0 Å². The molecule has 42 heavy (non-hydrogen) atoms. The topological polar surface area (TPSA) is 168 Å². The number of alkyl halides is 2. The fourth-order valence-corrected chi connectivity index (χ4v) is 7.15. The van der Waals surface area contributed by atoms with Gasteiger partial charge in [-0.25, -0.2) is 8.78 Å². The molecule has 0 radical (unpaired) electrons. The van der Waals surface area contributed by atoms with Gasteiger partial charge < -0.3 is 31.1 Å². The Morgan fingerprint density at radius 3 is 2.29 bits per heavy atom. The zero-order valence-corrected chi connectivity index (χ0v) is 23.9. The van der Waals surface area contributed by atoms with Crippen LogP contribution in [-0.4, -0.2) is 107 Å². The smallest absolute Gasteiger partial charge is 0.255 e. The van der Waals surface area contributed by atoms with Gasteiger partial charge in [0, 0.05) is 69.3 Å². The number of aliphatic hydroxyl groups excluding tert-OH is 2. The van der Waals surface area contributed by atoms with E-state index in [2.05, 4.69) is 0 Å². The lowest BCUT2D eigenvalue weighted by atomic mass is 9.58. The predicted molar refractivity (Wildman–Crippen MR) is 147 cm³/mol. The maximum Gasteiger partial charge on any atom is 0.255 e. The summed E-state index contributed by atoms with van der Waals surface area (Å²) in [5.41, 5.74) is 2.91. The summed E-state index contributed by atoms with van der Waals surface area (Å²) in [5.74, 6) is -9.85. The van der Waals surface area contributed by atoms with Crippen molar-refractivity contribution in [2.24, 2.45) is 17.6 Å². The Balaban J connectivity index is 1.64. The summed E-state index contributed by atoms with van der Waals surface area (Å²) in [6, 6.07) is 0.652. The maximum atomic E-state index is 14.1. The van der Waals surface area contributed by atoms with Crippen LogP contribution < -0.4 is 10.6 Å². The number of benzene rings is 1. The summed E-state index contributed by atoms with van der Waals surface area (Å²) in [5, 5.41) is 45.6. The third-order valence-corrected chi connectivity index (χ3v) is 9.24. The van der Waals surface area contributed by atoms with Crippen LogP contribution in [0.1, 0.15) is 40.7 Å². The van der Waals surface area contributed by atoms with Crippen molar-refractivity contribution >= 4 is 23.2 Å². The predicted octanol–water partition coefficient (Wildman–Crippen LogP) is 1.42. The van der Waals surface area contributed by atoms with Crippen LogP contribution in [0.5, 0.6) is 5.75 Å². The Kier molecular flexibility index (Phi) is 7.14. The van der Waals surface area contributed by atoms with E-state index < -0.39 is 64.0 Å². The van der Waals surface area contributed by atoms with Gasteiger partial charge in [-0.05, 0) is 44.5 Å². The first-order valence-corrected chi connectivity index (χ1v) is 13.8. The normalized spacial score (nSPS) is 29.4. The van der Waals surface area contributed by atoms with Crippen molar-refractivity contribution in [3.05, 3.63) is 45.4 Å². The molecule has 0 aromatic heterocycles. The second kappa shape index (κ2) is 10.0. The highest BCUT2D eigenvalue weighted by Crippen LogP contribution is 2.53. The van der Waals surface area contributed by atoms with E-state index in [4.69, 9.17) is 5.73 Å². The molecule has 1 aromatic carbocycles. The molecule has 1 heterocycles. The summed E-state index contributed by atoms with van der Waals surface area (Å²) < 4.78 is 27.5. The Morgan fingerprint density at radius 1 is 1.12 bits per heavy atom. The number of aliphatic hydroxyl groups is 3. The van der Waals surface area contributed by atoms with Crippen molar-refractivity contribution < 1.29 is 43.6 Å². The summed E-state index contributed by atoms with van der Waals surface area (Å²) in [6.07, 6.45) is -0.492. The van der Waals surface area contributed by atoms with Gasteiger partial charge in [-0.15, -0.1) is 0 Å². The van der Waals surface area contributed by atoms with E-state index in [9.17, 15) is 43.6 Å². The molecule has 13 heteroatoms. The number of hydrogen-bond donors (Lipinski definition) is 5. The van der Waals surface area contributed by atoms with Crippen LogP contribution in [0.4, 0.5) is 14.5 Å². The first kappa shape index (κ1) is 29.9. The first-order valence-electron chi connectivity index (χ1n) is 13.8. The number of nitrogens with two attached hydrogens (primary N) is 1. The molecule has 3 aliphatic carbocycles. The van der Waals surface area contributed by atoms with E-state index in [-0.39, 0.29) is 62.2 Å². The summed E-state index contributed by atoms with van der Waals surface area (Å²) in [7, 11) is 6.67. The van der Waals surface area contributed by atoms with Crippen LogP contribution in [-0.2, 0) is 22.6 Å². The molecular weight excluding hydrogens is 554 g/mol. The molecule has 0 saturated carbocycles. The molecule has 228 valence electrons. The van der Waals surface area contributed by atoms with Gasteiger partial charge in [-0.2, -0.15) is 0 Å². The quantitative estimate of drug-likeness (QED) is 0.316. The third-order valence-electron chi connectivity index (χ3n) is 9.24. The molecule has 4 atom stereocenters. The molecule has 1 fully saturated rings. The van der Waals surface area contributed by atoms with Crippen molar-refractivity contribution in [3.8, 4) is 5.75 Å². The molecule has 5 rings (SSSR count). The van der Waals surface area contributed by atoms with Crippen molar-refractivity contribution in [1.82, 2.24) is 9.80 Å². The van der Waals surface area contributed by atoms with Crippen molar-refractivity contribution in [2.45, 2.75) is 49.8 Å². The summed E-state index contributed by atoms with van der Waals surface area (Å²) in [6.45, 7) is 0.322. The number of carbonyl (C=O) groups is 3. The maximum absolute atomic E-state index is 14.1. The molecule has 11 nitrogen and oxygen atoms in total. The van der Waals surface area contributed by atoms with Gasteiger partial charge in [0.1, 0.15) is 22.8 Å². The average Bonchev–Trinajstić information content (AvgIpc) is 2.88.